The fourth-order valence-electron chi connectivity index (χ4n) is 2.19. The summed E-state index contributed by atoms with van der Waals surface area (Å²) in [5.41, 5.74) is 2.70. The molecule has 0 radical (unpaired) electrons. The van der Waals surface area contributed by atoms with E-state index in [2.05, 4.69) is 5.32 Å². The zero-order valence-electron chi connectivity index (χ0n) is 14.3. The Kier molecular flexibility index (Phi) is 7.35. The van der Waals surface area contributed by atoms with E-state index in [0.29, 0.717) is 5.75 Å². The van der Waals surface area contributed by atoms with Gasteiger partial charge in [-0.15, -0.1) is 23.1 Å². The van der Waals surface area contributed by atoms with Gasteiger partial charge in [0.1, 0.15) is 0 Å². The number of ether oxygens (including phenoxy) is 1. The summed E-state index contributed by atoms with van der Waals surface area (Å²) in [7, 11) is 0. The number of rotatable bonds is 7. The standard InChI is InChI=1S/C18H20ClNO3S2/c1-11-5-4-6-12(2)17(11)20-18(22)13(3)23-16(21)10-24-9-14-7-8-15(19)25-14/h4-8,13H,9-10H2,1-3H3,(H,20,22)/t13-/m1/s1. The molecule has 0 aliphatic rings. The van der Waals surface area contributed by atoms with Crippen molar-refractivity contribution < 1.29 is 14.3 Å². The average Bonchev–Trinajstić information content (AvgIpc) is 2.96. The molecule has 1 aromatic heterocycles. The molecule has 0 aliphatic heterocycles. The summed E-state index contributed by atoms with van der Waals surface area (Å²) in [6.07, 6.45) is -0.844. The minimum Gasteiger partial charge on any atom is -0.452 e. The summed E-state index contributed by atoms with van der Waals surface area (Å²) in [4.78, 5) is 25.2. The maximum atomic E-state index is 12.2. The van der Waals surface area contributed by atoms with Crippen LogP contribution in [0.15, 0.2) is 30.3 Å². The third kappa shape index (κ3) is 6.06. The number of para-hydroxylation sites is 1. The number of benzene rings is 1. The van der Waals surface area contributed by atoms with Crippen LogP contribution in [-0.4, -0.2) is 23.7 Å². The van der Waals surface area contributed by atoms with Crippen molar-refractivity contribution in [2.75, 3.05) is 11.1 Å². The van der Waals surface area contributed by atoms with E-state index in [1.54, 1.807) is 6.92 Å². The normalized spacial score (nSPS) is 11.8. The number of carbonyl (C=O) groups is 2. The minimum absolute atomic E-state index is 0.191. The van der Waals surface area contributed by atoms with Crippen LogP contribution in [0.25, 0.3) is 0 Å². The molecule has 0 saturated carbocycles. The SMILES string of the molecule is Cc1cccc(C)c1NC(=O)[C@@H](C)OC(=O)CSCc1ccc(Cl)s1. The molecule has 25 heavy (non-hydrogen) atoms. The molecule has 1 N–H and O–H groups in total. The molecule has 2 rings (SSSR count). The number of amides is 1. The number of halogens is 1. The van der Waals surface area contributed by atoms with Crippen LogP contribution in [0.2, 0.25) is 4.34 Å². The Morgan fingerprint density at radius 1 is 1.24 bits per heavy atom. The summed E-state index contributed by atoms with van der Waals surface area (Å²) in [6, 6.07) is 9.55. The predicted molar refractivity (Wildman–Crippen MR) is 106 cm³/mol. The minimum atomic E-state index is -0.844. The van der Waals surface area contributed by atoms with Gasteiger partial charge >= 0.3 is 5.97 Å². The fraction of sp³-hybridized carbons (Fsp3) is 0.333. The number of aryl methyl sites for hydroxylation is 2. The van der Waals surface area contributed by atoms with Crippen LogP contribution in [0.5, 0.6) is 0 Å². The first kappa shape index (κ1) is 19.8. The average molecular weight is 398 g/mol. The first-order valence-electron chi connectivity index (χ1n) is 7.75. The molecule has 1 aromatic carbocycles. The third-order valence-electron chi connectivity index (χ3n) is 3.50. The quantitative estimate of drug-likeness (QED) is 0.680. The molecule has 0 saturated heterocycles. The number of thioether (sulfide) groups is 1. The highest BCUT2D eigenvalue weighted by molar-refractivity contribution is 7.99. The molecule has 0 spiro atoms. The van der Waals surface area contributed by atoms with E-state index in [1.807, 2.05) is 44.2 Å². The lowest BCUT2D eigenvalue weighted by Crippen LogP contribution is -2.31. The molecule has 0 unspecified atom stereocenters. The zero-order chi connectivity index (χ0) is 18.4. The maximum Gasteiger partial charge on any atom is 0.316 e. The summed E-state index contributed by atoms with van der Waals surface area (Å²) >= 11 is 8.79. The van der Waals surface area contributed by atoms with Crippen molar-refractivity contribution in [1.29, 1.82) is 0 Å². The Bertz CT molecular complexity index is 740. The molecule has 0 bridgehead atoms. The van der Waals surface area contributed by atoms with Crippen LogP contribution in [0.1, 0.15) is 22.9 Å². The topological polar surface area (TPSA) is 55.4 Å². The molecule has 1 heterocycles. The number of thiophene rings is 1. The zero-order valence-corrected chi connectivity index (χ0v) is 16.7. The highest BCUT2D eigenvalue weighted by Crippen LogP contribution is 2.25. The number of esters is 1. The third-order valence-corrected chi connectivity index (χ3v) is 5.87. The van der Waals surface area contributed by atoms with Gasteiger partial charge in [0.25, 0.3) is 5.91 Å². The lowest BCUT2D eigenvalue weighted by Gasteiger charge is -2.16. The first-order valence-corrected chi connectivity index (χ1v) is 10.1. The summed E-state index contributed by atoms with van der Waals surface area (Å²) in [5, 5.41) is 2.83. The van der Waals surface area contributed by atoms with E-state index >= 15 is 0 Å². The number of hydrogen-bond donors (Lipinski definition) is 1. The summed E-state index contributed by atoms with van der Waals surface area (Å²) < 4.78 is 5.94. The fourth-order valence-corrected chi connectivity index (χ4v) is 4.19. The lowest BCUT2D eigenvalue weighted by molar-refractivity contribution is -0.150. The maximum absolute atomic E-state index is 12.2. The molecular formula is C18H20ClNO3S2. The van der Waals surface area contributed by atoms with Crippen molar-refractivity contribution >= 4 is 52.3 Å². The van der Waals surface area contributed by atoms with E-state index < -0.39 is 12.1 Å². The van der Waals surface area contributed by atoms with Crippen molar-refractivity contribution in [3.8, 4) is 0 Å². The van der Waals surface area contributed by atoms with Gasteiger partial charge in [0.15, 0.2) is 6.10 Å². The van der Waals surface area contributed by atoms with Crippen LogP contribution >= 0.6 is 34.7 Å². The Labute approximate surface area is 160 Å². The molecule has 0 fully saturated rings. The highest BCUT2D eigenvalue weighted by Gasteiger charge is 2.19. The van der Waals surface area contributed by atoms with Crippen LogP contribution in [0.4, 0.5) is 5.69 Å². The Hall–Kier alpha value is -1.50. The summed E-state index contributed by atoms with van der Waals surface area (Å²) in [5.74, 6) is 0.143. The second-order valence-electron chi connectivity index (χ2n) is 5.59. The molecule has 134 valence electrons. The molecule has 1 atom stereocenters. The highest BCUT2D eigenvalue weighted by atomic mass is 35.5. The van der Waals surface area contributed by atoms with E-state index in [1.165, 1.54) is 23.1 Å². The van der Waals surface area contributed by atoms with Crippen molar-refractivity contribution in [1.82, 2.24) is 0 Å². The number of anilines is 1. The van der Waals surface area contributed by atoms with Crippen molar-refractivity contribution in [2.24, 2.45) is 0 Å². The Morgan fingerprint density at radius 3 is 2.52 bits per heavy atom. The van der Waals surface area contributed by atoms with Gasteiger partial charge in [-0.1, -0.05) is 29.8 Å². The van der Waals surface area contributed by atoms with E-state index in [4.69, 9.17) is 16.3 Å². The van der Waals surface area contributed by atoms with Crippen LogP contribution in [0, 0.1) is 13.8 Å². The second kappa shape index (κ2) is 9.27. The summed E-state index contributed by atoms with van der Waals surface area (Å²) in [6.45, 7) is 5.42. The first-order chi connectivity index (χ1) is 11.9. The van der Waals surface area contributed by atoms with Crippen LogP contribution in [-0.2, 0) is 20.1 Å². The molecule has 2 aromatic rings. The van der Waals surface area contributed by atoms with Gasteiger partial charge in [-0.05, 0) is 44.0 Å². The lowest BCUT2D eigenvalue weighted by atomic mass is 10.1. The van der Waals surface area contributed by atoms with Crippen LogP contribution in [0.3, 0.4) is 0 Å². The van der Waals surface area contributed by atoms with Gasteiger partial charge < -0.3 is 10.1 Å². The number of hydrogen-bond acceptors (Lipinski definition) is 5. The van der Waals surface area contributed by atoms with Gasteiger partial charge in [-0.25, -0.2) is 0 Å². The van der Waals surface area contributed by atoms with E-state index in [0.717, 1.165) is 26.0 Å². The van der Waals surface area contributed by atoms with E-state index in [-0.39, 0.29) is 11.7 Å². The Morgan fingerprint density at radius 2 is 1.92 bits per heavy atom. The molecule has 1 amide bonds. The van der Waals surface area contributed by atoms with Crippen LogP contribution < -0.4 is 5.32 Å². The number of carbonyl (C=O) groups excluding carboxylic acids is 2. The predicted octanol–water partition coefficient (Wildman–Crippen LogP) is 4.82. The van der Waals surface area contributed by atoms with Gasteiger partial charge in [0.2, 0.25) is 0 Å². The van der Waals surface area contributed by atoms with Gasteiger partial charge in [-0.2, -0.15) is 0 Å². The molecule has 7 heteroatoms. The largest absolute Gasteiger partial charge is 0.452 e. The van der Waals surface area contributed by atoms with Gasteiger partial charge in [-0.3, -0.25) is 9.59 Å². The van der Waals surface area contributed by atoms with Crippen molar-refractivity contribution in [3.63, 3.8) is 0 Å². The molecule has 0 aliphatic carbocycles. The second-order valence-corrected chi connectivity index (χ2v) is 8.37. The number of nitrogens with one attached hydrogen (secondary N) is 1. The van der Waals surface area contributed by atoms with E-state index in [9.17, 15) is 9.59 Å². The molecular weight excluding hydrogens is 378 g/mol. The Balaban J connectivity index is 1.79. The monoisotopic (exact) mass is 397 g/mol. The van der Waals surface area contributed by atoms with Gasteiger partial charge in [0.05, 0.1) is 10.1 Å². The van der Waals surface area contributed by atoms with Crippen molar-refractivity contribution in [3.05, 3.63) is 50.7 Å². The molecule has 4 nitrogen and oxygen atoms in total. The van der Waals surface area contributed by atoms with Gasteiger partial charge in [0, 0.05) is 16.3 Å². The van der Waals surface area contributed by atoms with Crippen molar-refractivity contribution in [2.45, 2.75) is 32.6 Å². The smallest absolute Gasteiger partial charge is 0.316 e.